The first-order valence-electron chi connectivity index (χ1n) is 11.7. The van der Waals surface area contributed by atoms with Crippen LogP contribution in [0.25, 0.3) is 0 Å². The van der Waals surface area contributed by atoms with Crippen LogP contribution in [0.5, 0.6) is 0 Å². The topological polar surface area (TPSA) is 62.3 Å². The van der Waals surface area contributed by atoms with Crippen LogP contribution in [0.1, 0.15) is 89.3 Å². The molecule has 5 nitrogen and oxygen atoms in total. The molecule has 0 radical (unpaired) electrons. The molecule has 2 aliphatic carbocycles. The van der Waals surface area contributed by atoms with Gasteiger partial charge < -0.3 is 10.2 Å². The van der Waals surface area contributed by atoms with E-state index < -0.39 is 0 Å². The number of aromatic nitrogens is 1. The molecular weight excluding hydrogens is 374 g/mol. The highest BCUT2D eigenvalue weighted by atomic mass is 16.2. The van der Waals surface area contributed by atoms with Crippen LogP contribution >= 0.6 is 0 Å². The zero-order valence-electron chi connectivity index (χ0n) is 18.7. The Morgan fingerprint density at radius 1 is 1.13 bits per heavy atom. The second-order valence-electron chi connectivity index (χ2n) is 11.6. The van der Waals surface area contributed by atoms with Gasteiger partial charge >= 0.3 is 0 Å². The van der Waals surface area contributed by atoms with Gasteiger partial charge in [-0.25, -0.2) is 0 Å². The number of likely N-dealkylation sites (tertiary alicyclic amines) is 1. The lowest BCUT2D eigenvalue weighted by Crippen LogP contribution is -2.58. The summed E-state index contributed by atoms with van der Waals surface area (Å²) >= 11 is 0. The van der Waals surface area contributed by atoms with Crippen LogP contribution in [0.4, 0.5) is 0 Å². The summed E-state index contributed by atoms with van der Waals surface area (Å²) in [6.07, 6.45) is 9.88. The van der Waals surface area contributed by atoms with Crippen LogP contribution in [0.2, 0.25) is 0 Å². The van der Waals surface area contributed by atoms with Crippen molar-refractivity contribution in [3.05, 3.63) is 29.6 Å². The maximum absolute atomic E-state index is 12.9. The summed E-state index contributed by atoms with van der Waals surface area (Å²) in [6, 6.07) is 4.45. The number of nitrogens with one attached hydrogen (secondary N) is 1. The number of carbonyl (C=O) groups is 2. The summed E-state index contributed by atoms with van der Waals surface area (Å²) < 4.78 is 0. The van der Waals surface area contributed by atoms with Gasteiger partial charge in [-0.05, 0) is 73.5 Å². The summed E-state index contributed by atoms with van der Waals surface area (Å²) in [4.78, 5) is 31.3. The van der Waals surface area contributed by atoms with Gasteiger partial charge in [0.25, 0.3) is 0 Å². The number of pyridine rings is 1. The lowest BCUT2D eigenvalue weighted by Gasteiger charge is -2.53. The largest absolute Gasteiger partial charge is 0.351 e. The number of hydrogen-bond acceptors (Lipinski definition) is 3. The fourth-order valence-corrected chi connectivity index (χ4v) is 6.34. The molecule has 1 N–H and O–H groups in total. The lowest BCUT2D eigenvalue weighted by molar-refractivity contribution is -0.145. The van der Waals surface area contributed by atoms with Gasteiger partial charge in [0.05, 0.1) is 0 Å². The molecule has 3 heterocycles. The second kappa shape index (κ2) is 6.80. The van der Waals surface area contributed by atoms with E-state index in [0.717, 1.165) is 45.2 Å². The molecule has 2 spiro atoms. The van der Waals surface area contributed by atoms with E-state index in [0.29, 0.717) is 23.7 Å². The van der Waals surface area contributed by atoms with E-state index in [1.54, 1.807) is 0 Å². The van der Waals surface area contributed by atoms with E-state index >= 15 is 0 Å². The molecule has 30 heavy (non-hydrogen) atoms. The molecule has 1 aromatic heterocycles. The van der Waals surface area contributed by atoms with Crippen LogP contribution < -0.4 is 5.32 Å². The third-order valence-corrected chi connectivity index (χ3v) is 8.42. The number of nitrogens with zero attached hydrogens (tertiary/aromatic N) is 2. The molecular formula is C25H35N3O2. The van der Waals surface area contributed by atoms with Crippen molar-refractivity contribution >= 4 is 11.8 Å². The quantitative estimate of drug-likeness (QED) is 0.805. The maximum atomic E-state index is 12.9. The van der Waals surface area contributed by atoms with Crippen molar-refractivity contribution in [3.63, 3.8) is 0 Å². The third-order valence-electron chi connectivity index (χ3n) is 8.42. The molecule has 5 rings (SSSR count). The highest BCUT2D eigenvalue weighted by Crippen LogP contribution is 2.56. The van der Waals surface area contributed by atoms with Crippen LogP contribution in [-0.2, 0) is 15.0 Å². The van der Waals surface area contributed by atoms with Crippen molar-refractivity contribution in [2.24, 2.45) is 11.3 Å². The molecule has 162 valence electrons. The summed E-state index contributed by atoms with van der Waals surface area (Å²) in [5.74, 6) is 1.18. The minimum absolute atomic E-state index is 0.0514. The van der Waals surface area contributed by atoms with Crippen LogP contribution in [-0.4, -0.2) is 40.3 Å². The van der Waals surface area contributed by atoms with Gasteiger partial charge in [-0.15, -0.1) is 0 Å². The Morgan fingerprint density at radius 2 is 1.83 bits per heavy atom. The Balaban J connectivity index is 1.12. The SMILES string of the molecule is CC(C)(C)c1ccnc(C2CC3(CCN(C(=O)[C@H]4C[C@]5(CCC(=O)N5)C4)CC3)C2)c1. The standard InChI is InChI=1S/C25H35N3O2/c1-23(2,3)19-5-9-26-20(12-19)17-13-24(14-17)7-10-28(11-8-24)22(30)18-15-25(16-18)6-4-21(29)27-25/h5,9,12,17-18H,4,6-8,10-11,13-16H2,1-3H3,(H,27,29)/t18-,25+. The Bertz CT molecular complexity index is 849. The zero-order chi connectivity index (χ0) is 21.1. The van der Waals surface area contributed by atoms with Crippen molar-refractivity contribution in [1.82, 2.24) is 15.2 Å². The smallest absolute Gasteiger partial charge is 0.225 e. The van der Waals surface area contributed by atoms with Crippen molar-refractivity contribution in [2.75, 3.05) is 13.1 Å². The lowest BCUT2D eigenvalue weighted by atomic mass is 9.56. The highest BCUT2D eigenvalue weighted by molar-refractivity contribution is 5.83. The van der Waals surface area contributed by atoms with E-state index in [1.165, 1.54) is 24.1 Å². The summed E-state index contributed by atoms with van der Waals surface area (Å²) in [5, 5.41) is 3.10. The molecule has 0 unspecified atom stereocenters. The number of carbonyl (C=O) groups excluding carboxylic acids is 2. The maximum Gasteiger partial charge on any atom is 0.225 e. The van der Waals surface area contributed by atoms with E-state index in [1.807, 2.05) is 6.20 Å². The van der Waals surface area contributed by atoms with Gasteiger partial charge in [0, 0.05) is 48.8 Å². The fourth-order valence-electron chi connectivity index (χ4n) is 6.34. The van der Waals surface area contributed by atoms with Crippen molar-refractivity contribution in [3.8, 4) is 0 Å². The normalized spacial score (nSPS) is 27.6. The summed E-state index contributed by atoms with van der Waals surface area (Å²) in [7, 11) is 0. The van der Waals surface area contributed by atoms with E-state index in [2.05, 4.69) is 48.1 Å². The average Bonchev–Trinajstić information content (AvgIpc) is 3.06. The number of amides is 2. The van der Waals surface area contributed by atoms with Crippen molar-refractivity contribution in [2.45, 2.75) is 89.0 Å². The predicted molar refractivity (Wildman–Crippen MR) is 116 cm³/mol. The van der Waals surface area contributed by atoms with E-state index in [9.17, 15) is 9.59 Å². The molecule has 4 fully saturated rings. The Kier molecular flexibility index (Phi) is 4.53. The first kappa shape index (κ1) is 20.0. The zero-order valence-corrected chi connectivity index (χ0v) is 18.7. The summed E-state index contributed by atoms with van der Waals surface area (Å²) in [6.45, 7) is 8.57. The number of hydrogen-bond donors (Lipinski definition) is 1. The van der Waals surface area contributed by atoms with Crippen LogP contribution in [0.15, 0.2) is 18.3 Å². The van der Waals surface area contributed by atoms with Gasteiger partial charge in [0.1, 0.15) is 0 Å². The van der Waals surface area contributed by atoms with Crippen molar-refractivity contribution < 1.29 is 9.59 Å². The second-order valence-corrected chi connectivity index (χ2v) is 11.6. The molecule has 2 amide bonds. The molecule has 2 saturated carbocycles. The Hall–Kier alpha value is -1.91. The fraction of sp³-hybridized carbons (Fsp3) is 0.720. The average molecular weight is 410 g/mol. The molecule has 0 aromatic carbocycles. The van der Waals surface area contributed by atoms with Gasteiger partial charge in [-0.1, -0.05) is 20.8 Å². The summed E-state index contributed by atoms with van der Waals surface area (Å²) in [5.41, 5.74) is 3.15. The molecule has 2 aliphatic heterocycles. The van der Waals surface area contributed by atoms with Gasteiger partial charge in [-0.3, -0.25) is 14.6 Å². The molecule has 4 aliphatic rings. The van der Waals surface area contributed by atoms with Crippen LogP contribution in [0, 0.1) is 11.3 Å². The minimum Gasteiger partial charge on any atom is -0.351 e. The van der Waals surface area contributed by atoms with E-state index in [4.69, 9.17) is 0 Å². The van der Waals surface area contributed by atoms with Gasteiger partial charge in [-0.2, -0.15) is 0 Å². The monoisotopic (exact) mass is 409 g/mol. The Labute approximate surface area is 180 Å². The van der Waals surface area contributed by atoms with Crippen LogP contribution in [0.3, 0.4) is 0 Å². The van der Waals surface area contributed by atoms with E-state index in [-0.39, 0.29) is 22.8 Å². The first-order chi connectivity index (χ1) is 14.2. The third kappa shape index (κ3) is 3.44. The molecule has 0 bridgehead atoms. The molecule has 2 saturated heterocycles. The Morgan fingerprint density at radius 3 is 2.43 bits per heavy atom. The first-order valence-corrected chi connectivity index (χ1v) is 11.7. The molecule has 1 aromatic rings. The highest BCUT2D eigenvalue weighted by Gasteiger charge is 2.53. The molecule has 0 atom stereocenters. The van der Waals surface area contributed by atoms with Gasteiger partial charge in [0.2, 0.25) is 11.8 Å². The number of rotatable bonds is 2. The predicted octanol–water partition coefficient (Wildman–Crippen LogP) is 3.92. The molecule has 5 heteroatoms. The van der Waals surface area contributed by atoms with Crippen molar-refractivity contribution in [1.29, 1.82) is 0 Å². The minimum atomic E-state index is -0.0514. The van der Waals surface area contributed by atoms with Gasteiger partial charge in [0.15, 0.2) is 0 Å². The number of piperidine rings is 1.